The number of carbonyl (C=O) groups excluding carboxylic acids is 1. The molecule has 6 nitrogen and oxygen atoms in total. The number of hydrogen-bond acceptors (Lipinski definition) is 3. The van der Waals surface area contributed by atoms with Crippen LogP contribution in [0.4, 0.5) is 25.0 Å². The molecular formula is C15H15F2N3O3S. The number of hydrogen-bond donors (Lipinski definition) is 2. The highest BCUT2D eigenvalue weighted by molar-refractivity contribution is 7.92. The molecule has 0 unspecified atom stereocenters. The fraction of sp³-hybridized carbons (Fsp3) is 0.133. The van der Waals surface area contributed by atoms with Crippen LogP contribution in [-0.2, 0) is 10.0 Å². The van der Waals surface area contributed by atoms with Crippen LogP contribution in [0.1, 0.15) is 0 Å². The molecule has 0 spiro atoms. The first-order chi connectivity index (χ1) is 11.2. The van der Waals surface area contributed by atoms with Crippen molar-refractivity contribution >= 4 is 27.4 Å². The molecule has 2 aromatic carbocycles. The molecule has 0 radical (unpaired) electrons. The van der Waals surface area contributed by atoms with Gasteiger partial charge in [-0.25, -0.2) is 22.0 Å². The quantitative estimate of drug-likeness (QED) is 0.885. The van der Waals surface area contributed by atoms with Gasteiger partial charge in [0.1, 0.15) is 11.6 Å². The van der Waals surface area contributed by atoms with Gasteiger partial charge in [-0.15, -0.1) is 0 Å². The van der Waals surface area contributed by atoms with Gasteiger partial charge in [-0.1, -0.05) is 18.2 Å². The third kappa shape index (κ3) is 3.80. The maximum Gasteiger partial charge on any atom is 0.321 e. The predicted molar refractivity (Wildman–Crippen MR) is 86.3 cm³/mol. The monoisotopic (exact) mass is 355 g/mol. The van der Waals surface area contributed by atoms with E-state index in [-0.39, 0.29) is 11.4 Å². The molecule has 0 saturated heterocycles. The highest BCUT2D eigenvalue weighted by Crippen LogP contribution is 2.26. The van der Waals surface area contributed by atoms with E-state index in [4.69, 9.17) is 0 Å². The van der Waals surface area contributed by atoms with Gasteiger partial charge >= 0.3 is 6.03 Å². The Morgan fingerprint density at radius 3 is 2.04 bits per heavy atom. The van der Waals surface area contributed by atoms with E-state index in [1.54, 1.807) is 6.07 Å². The van der Waals surface area contributed by atoms with E-state index in [0.29, 0.717) is 0 Å². The van der Waals surface area contributed by atoms with Gasteiger partial charge in [0.15, 0.2) is 4.90 Å². The second-order valence-corrected chi connectivity index (χ2v) is 6.65. The van der Waals surface area contributed by atoms with Crippen LogP contribution in [0.2, 0.25) is 0 Å². The first kappa shape index (κ1) is 17.7. The molecule has 2 aromatic rings. The average Bonchev–Trinajstić information content (AvgIpc) is 2.48. The van der Waals surface area contributed by atoms with E-state index in [9.17, 15) is 22.0 Å². The summed E-state index contributed by atoms with van der Waals surface area (Å²) in [6, 6.07) is 8.18. The average molecular weight is 355 g/mol. The summed E-state index contributed by atoms with van der Waals surface area (Å²) in [5.41, 5.74) is 0.131. The number of carbonyl (C=O) groups is 1. The largest absolute Gasteiger partial charge is 0.331 e. The number of benzene rings is 2. The maximum atomic E-state index is 13.7. The molecule has 0 aromatic heterocycles. The maximum absolute atomic E-state index is 13.7. The zero-order valence-electron chi connectivity index (χ0n) is 12.9. The Labute approximate surface area is 138 Å². The van der Waals surface area contributed by atoms with Crippen molar-refractivity contribution in [3.8, 4) is 0 Å². The fourth-order valence-electron chi connectivity index (χ4n) is 1.84. The fourth-order valence-corrected chi connectivity index (χ4v) is 3.06. The number of urea groups is 1. The van der Waals surface area contributed by atoms with Crippen LogP contribution >= 0.6 is 0 Å². The van der Waals surface area contributed by atoms with Crippen LogP contribution in [0.25, 0.3) is 0 Å². The van der Waals surface area contributed by atoms with E-state index < -0.39 is 32.6 Å². The Kier molecular flexibility index (Phi) is 5.03. The Bertz CT molecular complexity index is 850. The molecule has 24 heavy (non-hydrogen) atoms. The van der Waals surface area contributed by atoms with Crippen LogP contribution in [0.15, 0.2) is 47.4 Å². The summed E-state index contributed by atoms with van der Waals surface area (Å²) >= 11 is 0. The number of sulfonamides is 1. The topological polar surface area (TPSA) is 78.5 Å². The van der Waals surface area contributed by atoms with Crippen molar-refractivity contribution in [3.63, 3.8) is 0 Å². The van der Waals surface area contributed by atoms with Crippen molar-refractivity contribution in [2.45, 2.75) is 4.90 Å². The summed E-state index contributed by atoms with van der Waals surface area (Å²) in [7, 11) is -1.50. The summed E-state index contributed by atoms with van der Waals surface area (Å²) in [5, 5.41) is 2.49. The number of nitrogens with zero attached hydrogens (tertiary/aromatic N) is 1. The smallest absolute Gasteiger partial charge is 0.321 e. The Hall–Kier alpha value is -2.68. The van der Waals surface area contributed by atoms with E-state index in [0.717, 1.165) is 18.2 Å². The highest BCUT2D eigenvalue weighted by Gasteiger charge is 2.25. The summed E-state index contributed by atoms with van der Waals surface area (Å²) in [5.74, 6) is -2.42. The summed E-state index contributed by atoms with van der Waals surface area (Å²) in [6.07, 6.45) is 0. The highest BCUT2D eigenvalue weighted by atomic mass is 32.2. The molecule has 0 atom stereocenters. The normalized spacial score (nSPS) is 11.0. The van der Waals surface area contributed by atoms with Gasteiger partial charge in [-0.3, -0.25) is 4.72 Å². The number of para-hydroxylation sites is 2. The van der Waals surface area contributed by atoms with Crippen LogP contribution in [0.5, 0.6) is 0 Å². The van der Waals surface area contributed by atoms with Gasteiger partial charge in [-0.05, 0) is 24.3 Å². The molecule has 0 aliphatic heterocycles. The second-order valence-electron chi connectivity index (χ2n) is 5.03. The lowest BCUT2D eigenvalue weighted by Gasteiger charge is -2.16. The lowest BCUT2D eigenvalue weighted by Crippen LogP contribution is -2.28. The van der Waals surface area contributed by atoms with Crippen molar-refractivity contribution < 1.29 is 22.0 Å². The Morgan fingerprint density at radius 1 is 0.958 bits per heavy atom. The van der Waals surface area contributed by atoms with Crippen molar-refractivity contribution in [2.75, 3.05) is 24.1 Å². The van der Waals surface area contributed by atoms with E-state index in [1.165, 1.54) is 37.2 Å². The van der Waals surface area contributed by atoms with Crippen molar-refractivity contribution in [1.82, 2.24) is 4.90 Å². The zero-order chi connectivity index (χ0) is 17.9. The van der Waals surface area contributed by atoms with Crippen LogP contribution < -0.4 is 10.0 Å². The lowest BCUT2D eigenvalue weighted by atomic mass is 10.3. The molecule has 0 heterocycles. The minimum absolute atomic E-state index is 0.0182. The van der Waals surface area contributed by atoms with Crippen LogP contribution in [-0.4, -0.2) is 33.4 Å². The van der Waals surface area contributed by atoms with Gasteiger partial charge in [0.05, 0.1) is 11.4 Å². The minimum atomic E-state index is -4.52. The third-order valence-electron chi connectivity index (χ3n) is 3.01. The second kappa shape index (κ2) is 6.83. The molecule has 2 amide bonds. The first-order valence-corrected chi connectivity index (χ1v) is 8.25. The molecule has 0 aliphatic carbocycles. The lowest BCUT2D eigenvalue weighted by molar-refractivity contribution is 0.230. The molecule has 2 rings (SSSR count). The SMILES string of the molecule is CN(C)C(=O)Nc1ccccc1NS(=O)(=O)c1c(F)cccc1F. The van der Waals surface area contributed by atoms with Crippen molar-refractivity contribution in [2.24, 2.45) is 0 Å². The molecule has 2 N–H and O–H groups in total. The number of rotatable bonds is 4. The molecule has 9 heteroatoms. The third-order valence-corrected chi connectivity index (χ3v) is 4.42. The number of halogens is 2. The van der Waals surface area contributed by atoms with E-state index >= 15 is 0 Å². The summed E-state index contributed by atoms with van der Waals surface area (Å²) < 4.78 is 54.1. The standard InChI is InChI=1S/C15H15F2N3O3S/c1-20(2)15(21)18-12-8-3-4-9-13(12)19-24(22,23)14-10(16)6-5-7-11(14)17/h3-9,19H,1-2H3,(H,18,21). The van der Waals surface area contributed by atoms with Gasteiger partial charge in [0, 0.05) is 14.1 Å². The van der Waals surface area contributed by atoms with Gasteiger partial charge < -0.3 is 10.2 Å². The van der Waals surface area contributed by atoms with Gasteiger partial charge in [0.2, 0.25) is 0 Å². The number of anilines is 2. The summed E-state index contributed by atoms with van der Waals surface area (Å²) in [6.45, 7) is 0. The van der Waals surface area contributed by atoms with E-state index in [1.807, 2.05) is 0 Å². The van der Waals surface area contributed by atoms with Crippen molar-refractivity contribution in [1.29, 1.82) is 0 Å². The van der Waals surface area contributed by atoms with Gasteiger partial charge in [0.25, 0.3) is 10.0 Å². The zero-order valence-corrected chi connectivity index (χ0v) is 13.7. The molecule has 0 bridgehead atoms. The minimum Gasteiger partial charge on any atom is -0.331 e. The molecule has 0 fully saturated rings. The number of nitrogens with one attached hydrogen (secondary N) is 2. The summed E-state index contributed by atoms with van der Waals surface area (Å²) in [4.78, 5) is 11.9. The number of amides is 2. The van der Waals surface area contributed by atoms with Crippen molar-refractivity contribution in [3.05, 3.63) is 54.1 Å². The predicted octanol–water partition coefficient (Wildman–Crippen LogP) is 2.86. The Morgan fingerprint density at radius 2 is 1.50 bits per heavy atom. The first-order valence-electron chi connectivity index (χ1n) is 6.76. The van der Waals surface area contributed by atoms with Gasteiger partial charge in [-0.2, -0.15) is 0 Å². The van der Waals surface area contributed by atoms with Crippen LogP contribution in [0.3, 0.4) is 0 Å². The molecular weight excluding hydrogens is 340 g/mol. The molecule has 128 valence electrons. The van der Waals surface area contributed by atoms with E-state index in [2.05, 4.69) is 10.0 Å². The molecule has 0 saturated carbocycles. The Balaban J connectivity index is 2.39. The van der Waals surface area contributed by atoms with Crippen LogP contribution in [0, 0.1) is 11.6 Å². The molecule has 0 aliphatic rings.